The van der Waals surface area contributed by atoms with Gasteiger partial charge in [-0.25, -0.2) is 4.79 Å². The van der Waals surface area contributed by atoms with Crippen molar-refractivity contribution in [3.05, 3.63) is 35.9 Å². The lowest BCUT2D eigenvalue weighted by Crippen LogP contribution is -2.55. The SMILES string of the molecule is CCOC(=O)[C@H](CCc1ccccc1)NC(C)C(=O)N1CCCCOCC[C@H]1C(=O)O. The molecule has 172 valence electrons. The Balaban J connectivity index is 2.09. The van der Waals surface area contributed by atoms with Crippen LogP contribution < -0.4 is 5.32 Å². The third-order valence-corrected chi connectivity index (χ3v) is 5.37. The Morgan fingerprint density at radius 1 is 1.23 bits per heavy atom. The molecule has 3 atom stereocenters. The highest BCUT2D eigenvalue weighted by atomic mass is 16.5. The second kappa shape index (κ2) is 13.1. The molecule has 1 aliphatic rings. The maximum absolute atomic E-state index is 13.2. The van der Waals surface area contributed by atoms with E-state index >= 15 is 0 Å². The maximum atomic E-state index is 13.2. The second-order valence-electron chi connectivity index (χ2n) is 7.71. The molecule has 0 radical (unpaired) electrons. The molecule has 1 aromatic rings. The number of carboxylic acid groups (broad SMARTS) is 1. The van der Waals surface area contributed by atoms with Crippen LogP contribution in [0, 0.1) is 0 Å². The molecule has 0 saturated carbocycles. The molecule has 1 saturated heterocycles. The molecule has 1 amide bonds. The third kappa shape index (κ3) is 7.95. The zero-order valence-corrected chi connectivity index (χ0v) is 18.4. The fourth-order valence-corrected chi connectivity index (χ4v) is 3.71. The molecule has 1 fully saturated rings. The van der Waals surface area contributed by atoms with E-state index in [-0.39, 0.29) is 18.9 Å². The molecule has 1 unspecified atom stereocenters. The summed E-state index contributed by atoms with van der Waals surface area (Å²) in [5, 5.41) is 12.7. The number of rotatable bonds is 9. The molecule has 0 aromatic heterocycles. The quantitative estimate of drug-likeness (QED) is 0.573. The summed E-state index contributed by atoms with van der Waals surface area (Å²) < 4.78 is 10.6. The summed E-state index contributed by atoms with van der Waals surface area (Å²) in [4.78, 5) is 38.9. The van der Waals surface area contributed by atoms with Crippen LogP contribution in [0.25, 0.3) is 0 Å². The number of amides is 1. The highest BCUT2D eigenvalue weighted by molar-refractivity contribution is 5.87. The van der Waals surface area contributed by atoms with Crippen molar-refractivity contribution in [2.75, 3.05) is 26.4 Å². The van der Waals surface area contributed by atoms with Gasteiger partial charge in [-0.1, -0.05) is 30.3 Å². The molecular weight excluding hydrogens is 400 g/mol. The predicted octanol–water partition coefficient (Wildman–Crippen LogP) is 2.01. The Kier molecular flexibility index (Phi) is 10.5. The summed E-state index contributed by atoms with van der Waals surface area (Å²) >= 11 is 0. The lowest BCUT2D eigenvalue weighted by molar-refractivity contribution is -0.152. The fraction of sp³-hybridized carbons (Fsp3) is 0.609. The van der Waals surface area contributed by atoms with Crippen molar-refractivity contribution in [3.63, 3.8) is 0 Å². The molecule has 31 heavy (non-hydrogen) atoms. The van der Waals surface area contributed by atoms with Crippen LogP contribution in [0.3, 0.4) is 0 Å². The first-order chi connectivity index (χ1) is 14.9. The van der Waals surface area contributed by atoms with E-state index < -0.39 is 30.1 Å². The van der Waals surface area contributed by atoms with Crippen molar-refractivity contribution in [3.8, 4) is 0 Å². The van der Waals surface area contributed by atoms with Crippen molar-refractivity contribution in [2.24, 2.45) is 0 Å². The van der Waals surface area contributed by atoms with E-state index in [1.54, 1.807) is 13.8 Å². The fourth-order valence-electron chi connectivity index (χ4n) is 3.71. The molecule has 0 bridgehead atoms. The highest BCUT2D eigenvalue weighted by Gasteiger charge is 2.34. The highest BCUT2D eigenvalue weighted by Crippen LogP contribution is 2.14. The zero-order chi connectivity index (χ0) is 22.6. The number of aliphatic carboxylic acids is 1. The van der Waals surface area contributed by atoms with E-state index in [2.05, 4.69) is 5.32 Å². The van der Waals surface area contributed by atoms with E-state index in [0.717, 1.165) is 12.0 Å². The first-order valence-corrected chi connectivity index (χ1v) is 11.0. The maximum Gasteiger partial charge on any atom is 0.326 e. The number of esters is 1. The number of aryl methyl sites for hydroxylation is 1. The van der Waals surface area contributed by atoms with E-state index in [4.69, 9.17) is 9.47 Å². The van der Waals surface area contributed by atoms with Crippen LogP contribution in [0.15, 0.2) is 30.3 Å². The van der Waals surface area contributed by atoms with Crippen molar-refractivity contribution in [1.82, 2.24) is 10.2 Å². The smallest absolute Gasteiger partial charge is 0.326 e. The Morgan fingerprint density at radius 2 is 1.97 bits per heavy atom. The minimum absolute atomic E-state index is 0.239. The van der Waals surface area contributed by atoms with Crippen molar-refractivity contribution < 1.29 is 29.0 Å². The van der Waals surface area contributed by atoms with Crippen molar-refractivity contribution in [1.29, 1.82) is 0 Å². The summed E-state index contributed by atoms with van der Waals surface area (Å²) in [6, 6.07) is 7.44. The minimum atomic E-state index is -1.04. The average molecular weight is 435 g/mol. The van der Waals surface area contributed by atoms with Gasteiger partial charge < -0.3 is 19.5 Å². The van der Waals surface area contributed by atoms with Gasteiger partial charge >= 0.3 is 11.9 Å². The number of benzene rings is 1. The zero-order valence-electron chi connectivity index (χ0n) is 18.4. The molecule has 1 aliphatic heterocycles. The Morgan fingerprint density at radius 3 is 2.65 bits per heavy atom. The monoisotopic (exact) mass is 434 g/mol. The molecule has 2 N–H and O–H groups in total. The van der Waals surface area contributed by atoms with Crippen LogP contribution in [0.2, 0.25) is 0 Å². The number of hydrogen-bond donors (Lipinski definition) is 2. The summed E-state index contributed by atoms with van der Waals surface area (Å²) in [6.45, 7) is 4.86. The van der Waals surface area contributed by atoms with Crippen molar-refractivity contribution >= 4 is 17.8 Å². The normalized spacial score (nSPS) is 19.4. The molecule has 2 rings (SSSR count). The van der Waals surface area contributed by atoms with Crippen LogP contribution in [-0.2, 0) is 30.3 Å². The minimum Gasteiger partial charge on any atom is -0.480 e. The summed E-state index contributed by atoms with van der Waals surface area (Å²) in [6.07, 6.45) is 2.79. The number of carbonyl (C=O) groups is 3. The molecule has 0 aliphatic carbocycles. The standard InChI is InChI=1S/C23H34N2O6/c1-3-31-23(29)19(12-11-18-9-5-4-6-10-18)24-17(2)21(26)25-14-7-8-15-30-16-13-20(25)22(27)28/h4-6,9-10,17,19-20,24H,3,7-8,11-16H2,1-2H3,(H,27,28)/t17?,19-,20-/m0/s1. The van der Waals surface area contributed by atoms with E-state index in [0.29, 0.717) is 39.0 Å². The van der Waals surface area contributed by atoms with Gasteiger partial charge in [0, 0.05) is 26.2 Å². The van der Waals surface area contributed by atoms with Gasteiger partial charge in [0.25, 0.3) is 0 Å². The molecule has 1 heterocycles. The predicted molar refractivity (Wildman–Crippen MR) is 116 cm³/mol. The number of carboxylic acids is 1. The molecule has 1 aromatic carbocycles. The number of carbonyl (C=O) groups excluding carboxylic acids is 2. The van der Waals surface area contributed by atoms with E-state index in [1.807, 2.05) is 30.3 Å². The van der Waals surface area contributed by atoms with Gasteiger partial charge in [0.2, 0.25) is 5.91 Å². The third-order valence-electron chi connectivity index (χ3n) is 5.37. The van der Waals surface area contributed by atoms with Crippen molar-refractivity contribution in [2.45, 2.75) is 64.1 Å². The summed E-state index contributed by atoms with van der Waals surface area (Å²) in [7, 11) is 0. The molecule has 8 nitrogen and oxygen atoms in total. The first-order valence-electron chi connectivity index (χ1n) is 11.0. The van der Waals surface area contributed by atoms with Crippen LogP contribution in [0.4, 0.5) is 0 Å². The summed E-state index contributed by atoms with van der Waals surface area (Å²) in [5.41, 5.74) is 1.09. The van der Waals surface area contributed by atoms with Gasteiger partial charge in [0.05, 0.1) is 12.6 Å². The lowest BCUT2D eigenvalue weighted by atomic mass is 10.0. The average Bonchev–Trinajstić information content (AvgIpc) is 2.88. The summed E-state index contributed by atoms with van der Waals surface area (Å²) in [5.74, 6) is -1.79. The van der Waals surface area contributed by atoms with Gasteiger partial charge in [-0.15, -0.1) is 0 Å². The van der Waals surface area contributed by atoms with Crippen LogP contribution in [0.5, 0.6) is 0 Å². The largest absolute Gasteiger partial charge is 0.480 e. The van der Waals surface area contributed by atoms with Crippen LogP contribution >= 0.6 is 0 Å². The number of hydrogen-bond acceptors (Lipinski definition) is 6. The van der Waals surface area contributed by atoms with Gasteiger partial charge in [0.1, 0.15) is 12.1 Å². The topological polar surface area (TPSA) is 105 Å². The lowest BCUT2D eigenvalue weighted by Gasteiger charge is -2.32. The van der Waals surface area contributed by atoms with E-state index in [1.165, 1.54) is 4.90 Å². The van der Waals surface area contributed by atoms with Crippen LogP contribution in [-0.4, -0.2) is 72.3 Å². The number of nitrogens with one attached hydrogen (secondary N) is 1. The Hall–Kier alpha value is -2.45. The number of ether oxygens (including phenoxy) is 2. The van der Waals surface area contributed by atoms with Gasteiger partial charge in [-0.3, -0.25) is 14.9 Å². The first kappa shape index (κ1) is 24.8. The Labute approximate surface area is 183 Å². The second-order valence-corrected chi connectivity index (χ2v) is 7.71. The van der Waals surface area contributed by atoms with Gasteiger partial charge in [0.15, 0.2) is 0 Å². The van der Waals surface area contributed by atoms with Gasteiger partial charge in [-0.2, -0.15) is 0 Å². The Bertz CT molecular complexity index is 711. The molecule has 8 heteroatoms. The van der Waals surface area contributed by atoms with Gasteiger partial charge in [-0.05, 0) is 45.1 Å². The number of nitrogens with zero attached hydrogens (tertiary/aromatic N) is 1. The molecular formula is C23H34N2O6. The molecule has 0 spiro atoms. The van der Waals surface area contributed by atoms with E-state index in [9.17, 15) is 19.5 Å². The van der Waals surface area contributed by atoms with Crippen LogP contribution in [0.1, 0.15) is 45.1 Å².